The topological polar surface area (TPSA) is 70.6 Å². The van der Waals surface area contributed by atoms with Crippen LogP contribution in [0.2, 0.25) is 0 Å². The molecule has 0 heterocycles. The van der Waals surface area contributed by atoms with E-state index in [4.69, 9.17) is 9.84 Å². The first-order chi connectivity index (χ1) is 10.1. The van der Waals surface area contributed by atoms with Gasteiger partial charge in [-0.05, 0) is 44.7 Å². The van der Waals surface area contributed by atoms with Gasteiger partial charge in [0.1, 0.15) is 5.75 Å². The maximum atomic E-state index is 11.7. The standard InChI is InChI=1S/C16H26N2O3/c1-12-6-7-15(21-3)14(11-12)8-9-17-16(20)18-13(2)5-4-10-19/h6-7,11,13,19H,4-5,8-10H2,1-3H3,(H2,17,18,20). The highest BCUT2D eigenvalue weighted by atomic mass is 16.5. The number of urea groups is 1. The first kappa shape index (κ1) is 17.3. The van der Waals surface area contributed by atoms with Gasteiger partial charge in [0, 0.05) is 19.2 Å². The summed E-state index contributed by atoms with van der Waals surface area (Å²) < 4.78 is 5.31. The summed E-state index contributed by atoms with van der Waals surface area (Å²) in [5, 5.41) is 14.4. The molecule has 0 aliphatic heterocycles. The normalized spacial score (nSPS) is 11.8. The van der Waals surface area contributed by atoms with Gasteiger partial charge in [-0.1, -0.05) is 17.7 Å². The Morgan fingerprint density at radius 3 is 2.86 bits per heavy atom. The molecule has 1 atom stereocenters. The third kappa shape index (κ3) is 6.49. The number of aliphatic hydroxyl groups excluding tert-OH is 1. The number of rotatable bonds is 8. The molecule has 0 bridgehead atoms. The highest BCUT2D eigenvalue weighted by Gasteiger charge is 2.07. The molecule has 0 aliphatic rings. The molecule has 1 aromatic rings. The molecule has 5 nitrogen and oxygen atoms in total. The van der Waals surface area contributed by atoms with Gasteiger partial charge in [-0.3, -0.25) is 0 Å². The Bertz CT molecular complexity index is 449. The van der Waals surface area contributed by atoms with E-state index >= 15 is 0 Å². The minimum atomic E-state index is -0.174. The fraction of sp³-hybridized carbons (Fsp3) is 0.562. The molecular formula is C16H26N2O3. The molecule has 0 radical (unpaired) electrons. The zero-order chi connectivity index (χ0) is 15.7. The molecule has 3 N–H and O–H groups in total. The van der Waals surface area contributed by atoms with Crippen molar-refractivity contribution in [3.8, 4) is 5.75 Å². The van der Waals surface area contributed by atoms with Crippen molar-refractivity contribution in [1.82, 2.24) is 10.6 Å². The van der Waals surface area contributed by atoms with Crippen LogP contribution in [0.15, 0.2) is 18.2 Å². The third-order valence-corrected chi connectivity index (χ3v) is 3.29. The maximum absolute atomic E-state index is 11.7. The van der Waals surface area contributed by atoms with Crippen molar-refractivity contribution in [2.75, 3.05) is 20.3 Å². The minimum Gasteiger partial charge on any atom is -0.496 e. The predicted octanol–water partition coefficient (Wildman–Crippen LogP) is 2.01. The number of benzene rings is 1. The Balaban J connectivity index is 2.36. The number of ether oxygens (including phenoxy) is 1. The van der Waals surface area contributed by atoms with Gasteiger partial charge in [0.15, 0.2) is 0 Å². The molecule has 1 aromatic carbocycles. The lowest BCUT2D eigenvalue weighted by Crippen LogP contribution is -2.41. The van der Waals surface area contributed by atoms with Crippen molar-refractivity contribution < 1.29 is 14.6 Å². The molecule has 21 heavy (non-hydrogen) atoms. The van der Waals surface area contributed by atoms with Crippen LogP contribution in [0.3, 0.4) is 0 Å². The van der Waals surface area contributed by atoms with E-state index in [-0.39, 0.29) is 18.7 Å². The molecule has 1 rings (SSSR count). The highest BCUT2D eigenvalue weighted by Crippen LogP contribution is 2.19. The molecule has 0 saturated heterocycles. The van der Waals surface area contributed by atoms with E-state index in [1.54, 1.807) is 7.11 Å². The molecule has 1 unspecified atom stereocenters. The van der Waals surface area contributed by atoms with Crippen LogP contribution in [0.4, 0.5) is 4.79 Å². The second-order valence-electron chi connectivity index (χ2n) is 5.23. The number of carbonyl (C=O) groups excluding carboxylic acids is 1. The second-order valence-corrected chi connectivity index (χ2v) is 5.23. The van der Waals surface area contributed by atoms with Crippen molar-refractivity contribution in [3.63, 3.8) is 0 Å². The van der Waals surface area contributed by atoms with Gasteiger partial charge >= 0.3 is 6.03 Å². The molecule has 0 aromatic heterocycles. The van der Waals surface area contributed by atoms with Crippen LogP contribution >= 0.6 is 0 Å². The molecule has 0 aliphatic carbocycles. The number of carbonyl (C=O) groups is 1. The fourth-order valence-electron chi connectivity index (χ4n) is 2.16. The van der Waals surface area contributed by atoms with Gasteiger partial charge in [0.2, 0.25) is 0 Å². The zero-order valence-corrected chi connectivity index (χ0v) is 13.1. The van der Waals surface area contributed by atoms with Crippen LogP contribution < -0.4 is 15.4 Å². The van der Waals surface area contributed by atoms with Gasteiger partial charge in [0.25, 0.3) is 0 Å². The number of methoxy groups -OCH3 is 1. The van der Waals surface area contributed by atoms with Gasteiger partial charge in [-0.15, -0.1) is 0 Å². The molecule has 0 spiro atoms. The summed E-state index contributed by atoms with van der Waals surface area (Å²) in [6.07, 6.45) is 2.20. The Hall–Kier alpha value is -1.75. The quantitative estimate of drug-likeness (QED) is 0.687. The first-order valence-corrected chi connectivity index (χ1v) is 7.35. The molecule has 0 fully saturated rings. The number of hydrogen-bond acceptors (Lipinski definition) is 3. The largest absolute Gasteiger partial charge is 0.496 e. The number of aliphatic hydroxyl groups is 1. The van der Waals surface area contributed by atoms with Crippen LogP contribution in [0.1, 0.15) is 30.9 Å². The lowest BCUT2D eigenvalue weighted by Gasteiger charge is -2.14. The lowest BCUT2D eigenvalue weighted by molar-refractivity contribution is 0.234. The molecular weight excluding hydrogens is 268 g/mol. The average molecular weight is 294 g/mol. The predicted molar refractivity (Wildman–Crippen MR) is 83.8 cm³/mol. The monoisotopic (exact) mass is 294 g/mol. The van der Waals surface area contributed by atoms with Crippen LogP contribution in [-0.2, 0) is 6.42 Å². The van der Waals surface area contributed by atoms with Crippen LogP contribution in [0.5, 0.6) is 5.75 Å². The Kier molecular flexibility index (Phi) is 7.61. The van der Waals surface area contributed by atoms with Gasteiger partial charge < -0.3 is 20.5 Å². The number of amides is 2. The summed E-state index contributed by atoms with van der Waals surface area (Å²) in [6.45, 7) is 4.67. The van der Waals surface area contributed by atoms with E-state index in [0.717, 1.165) is 24.2 Å². The van der Waals surface area contributed by atoms with E-state index < -0.39 is 0 Å². The van der Waals surface area contributed by atoms with E-state index in [0.29, 0.717) is 13.0 Å². The summed E-state index contributed by atoms with van der Waals surface area (Å²) in [7, 11) is 1.65. The van der Waals surface area contributed by atoms with Crippen molar-refractivity contribution in [3.05, 3.63) is 29.3 Å². The van der Waals surface area contributed by atoms with Crippen molar-refractivity contribution in [2.45, 2.75) is 39.2 Å². The Morgan fingerprint density at radius 2 is 2.19 bits per heavy atom. The van der Waals surface area contributed by atoms with Gasteiger partial charge in [-0.2, -0.15) is 0 Å². The molecule has 5 heteroatoms. The average Bonchev–Trinajstić information content (AvgIpc) is 2.45. The van der Waals surface area contributed by atoms with E-state index in [1.807, 2.05) is 26.0 Å². The van der Waals surface area contributed by atoms with E-state index in [2.05, 4.69) is 16.7 Å². The summed E-state index contributed by atoms with van der Waals surface area (Å²) in [4.78, 5) is 11.7. The Morgan fingerprint density at radius 1 is 1.43 bits per heavy atom. The van der Waals surface area contributed by atoms with Gasteiger partial charge in [0.05, 0.1) is 7.11 Å². The lowest BCUT2D eigenvalue weighted by atomic mass is 10.1. The van der Waals surface area contributed by atoms with Crippen molar-refractivity contribution in [1.29, 1.82) is 0 Å². The summed E-state index contributed by atoms with van der Waals surface area (Å²) in [5.74, 6) is 0.846. The highest BCUT2D eigenvalue weighted by molar-refractivity contribution is 5.74. The van der Waals surface area contributed by atoms with Gasteiger partial charge in [-0.25, -0.2) is 4.79 Å². The number of hydrogen-bond donors (Lipinski definition) is 3. The van der Waals surface area contributed by atoms with E-state index in [1.165, 1.54) is 5.56 Å². The molecule has 2 amide bonds. The Labute approximate surface area is 126 Å². The zero-order valence-electron chi connectivity index (χ0n) is 13.1. The first-order valence-electron chi connectivity index (χ1n) is 7.35. The van der Waals surface area contributed by atoms with E-state index in [9.17, 15) is 4.79 Å². The van der Waals surface area contributed by atoms with Crippen LogP contribution in [0, 0.1) is 6.92 Å². The second kappa shape index (κ2) is 9.23. The summed E-state index contributed by atoms with van der Waals surface area (Å²) in [6, 6.07) is 5.91. The number of aryl methyl sites for hydroxylation is 1. The fourth-order valence-corrected chi connectivity index (χ4v) is 2.16. The van der Waals surface area contributed by atoms with Crippen molar-refractivity contribution >= 4 is 6.03 Å². The summed E-state index contributed by atoms with van der Waals surface area (Å²) >= 11 is 0. The SMILES string of the molecule is COc1ccc(C)cc1CCNC(=O)NC(C)CCCO. The number of nitrogens with one attached hydrogen (secondary N) is 2. The molecule has 118 valence electrons. The summed E-state index contributed by atoms with van der Waals surface area (Å²) in [5.41, 5.74) is 2.26. The maximum Gasteiger partial charge on any atom is 0.315 e. The van der Waals surface area contributed by atoms with Crippen molar-refractivity contribution in [2.24, 2.45) is 0 Å². The van der Waals surface area contributed by atoms with Crippen LogP contribution in [0.25, 0.3) is 0 Å². The minimum absolute atomic E-state index is 0.0608. The smallest absolute Gasteiger partial charge is 0.315 e. The van der Waals surface area contributed by atoms with Crippen LogP contribution in [-0.4, -0.2) is 37.4 Å². The third-order valence-electron chi connectivity index (χ3n) is 3.29. The molecule has 0 saturated carbocycles.